The summed E-state index contributed by atoms with van der Waals surface area (Å²) in [6.07, 6.45) is 0.427. The molecule has 5 nitrogen and oxygen atoms in total. The van der Waals surface area contributed by atoms with E-state index in [9.17, 15) is 14.0 Å². The summed E-state index contributed by atoms with van der Waals surface area (Å²) >= 11 is 0. The molecule has 0 aromatic heterocycles. The van der Waals surface area contributed by atoms with Gasteiger partial charge in [-0.25, -0.2) is 4.39 Å². The molecule has 1 N–H and O–H groups in total. The van der Waals surface area contributed by atoms with Gasteiger partial charge in [0.2, 0.25) is 11.8 Å². The lowest BCUT2D eigenvalue weighted by Crippen LogP contribution is -2.33. The Morgan fingerprint density at radius 3 is 2.82 bits per heavy atom. The van der Waals surface area contributed by atoms with Crippen LogP contribution in [-0.4, -0.2) is 43.0 Å². The summed E-state index contributed by atoms with van der Waals surface area (Å²) in [5.41, 5.74) is 0.899. The summed E-state index contributed by atoms with van der Waals surface area (Å²) in [6.45, 7) is 3.93. The van der Waals surface area contributed by atoms with Crippen molar-refractivity contribution in [3.63, 3.8) is 0 Å². The van der Waals surface area contributed by atoms with Crippen LogP contribution in [0.1, 0.15) is 18.9 Å². The predicted octanol–water partition coefficient (Wildman–Crippen LogP) is 1.33. The highest BCUT2D eigenvalue weighted by molar-refractivity contribution is 5.79. The fourth-order valence-corrected chi connectivity index (χ4v) is 2.46. The molecular weight excluding hydrogens is 287 g/mol. The number of benzene rings is 1. The minimum absolute atomic E-state index is 0.0520. The van der Waals surface area contributed by atoms with Gasteiger partial charge in [-0.1, -0.05) is 12.1 Å². The van der Waals surface area contributed by atoms with Crippen molar-refractivity contribution in [1.29, 1.82) is 0 Å². The normalized spacial score (nSPS) is 17.8. The highest BCUT2D eigenvalue weighted by Crippen LogP contribution is 2.19. The average molecular weight is 308 g/mol. The number of ether oxygens (including phenoxy) is 1. The Morgan fingerprint density at radius 1 is 1.41 bits per heavy atom. The molecule has 1 aromatic carbocycles. The number of nitrogens with zero attached hydrogens (tertiary/aromatic N) is 1. The second-order valence-corrected chi connectivity index (χ2v) is 5.41. The minimum atomic E-state index is -0.286. The largest absolute Gasteiger partial charge is 0.372 e. The summed E-state index contributed by atoms with van der Waals surface area (Å²) in [4.78, 5) is 25.2. The van der Waals surface area contributed by atoms with Crippen LogP contribution < -0.4 is 5.32 Å². The third-order valence-corrected chi connectivity index (χ3v) is 3.61. The van der Waals surface area contributed by atoms with Crippen molar-refractivity contribution in [2.24, 2.45) is 5.92 Å². The first kappa shape index (κ1) is 16.4. The van der Waals surface area contributed by atoms with E-state index in [4.69, 9.17) is 4.74 Å². The zero-order valence-corrected chi connectivity index (χ0v) is 12.7. The van der Waals surface area contributed by atoms with E-state index >= 15 is 0 Å². The van der Waals surface area contributed by atoms with E-state index in [1.165, 1.54) is 12.1 Å². The molecule has 1 aromatic rings. The molecule has 0 aliphatic carbocycles. The lowest BCUT2D eigenvalue weighted by atomic mass is 10.1. The van der Waals surface area contributed by atoms with Gasteiger partial charge in [-0.2, -0.15) is 0 Å². The van der Waals surface area contributed by atoms with E-state index in [1.807, 2.05) is 6.92 Å². The standard InChI is InChI=1S/C16H21FN2O3/c1-2-22-11-15(20)18-8-13-7-16(21)19(10-13)9-12-3-5-14(17)6-4-12/h3-6,13H,2,7-11H2,1H3,(H,18,20). The number of hydrogen-bond acceptors (Lipinski definition) is 3. The zero-order valence-electron chi connectivity index (χ0n) is 12.7. The van der Waals surface area contributed by atoms with Crippen LogP contribution in [0.2, 0.25) is 0 Å². The van der Waals surface area contributed by atoms with Crippen LogP contribution in [-0.2, 0) is 20.9 Å². The fourth-order valence-electron chi connectivity index (χ4n) is 2.46. The van der Waals surface area contributed by atoms with Gasteiger partial charge < -0.3 is 15.0 Å². The van der Waals surface area contributed by atoms with Crippen LogP contribution in [0, 0.1) is 11.7 Å². The minimum Gasteiger partial charge on any atom is -0.372 e. The molecule has 1 atom stereocenters. The Kier molecular flexibility index (Phi) is 5.89. The number of nitrogens with one attached hydrogen (secondary N) is 1. The van der Waals surface area contributed by atoms with E-state index in [0.717, 1.165) is 5.56 Å². The van der Waals surface area contributed by atoms with Gasteiger partial charge in [-0.15, -0.1) is 0 Å². The van der Waals surface area contributed by atoms with Gasteiger partial charge in [0, 0.05) is 38.6 Å². The Bertz CT molecular complexity index is 519. The maximum absolute atomic E-state index is 12.9. The summed E-state index contributed by atoms with van der Waals surface area (Å²) in [5.74, 6) is -0.274. The molecule has 1 heterocycles. The van der Waals surface area contributed by atoms with Gasteiger partial charge >= 0.3 is 0 Å². The number of carbonyl (C=O) groups is 2. The lowest BCUT2D eigenvalue weighted by Gasteiger charge is -2.17. The second kappa shape index (κ2) is 7.89. The third-order valence-electron chi connectivity index (χ3n) is 3.61. The number of rotatable bonds is 7. The Balaban J connectivity index is 1.78. The maximum atomic E-state index is 12.9. The molecule has 120 valence electrons. The Labute approximate surface area is 129 Å². The second-order valence-electron chi connectivity index (χ2n) is 5.41. The molecule has 22 heavy (non-hydrogen) atoms. The zero-order chi connectivity index (χ0) is 15.9. The fraction of sp³-hybridized carbons (Fsp3) is 0.500. The Morgan fingerprint density at radius 2 is 2.14 bits per heavy atom. The van der Waals surface area contributed by atoms with Crippen molar-refractivity contribution in [2.75, 3.05) is 26.3 Å². The molecule has 2 rings (SSSR count). The molecular formula is C16H21FN2O3. The number of hydrogen-bond donors (Lipinski definition) is 1. The number of likely N-dealkylation sites (tertiary alicyclic amines) is 1. The van der Waals surface area contributed by atoms with Crippen LogP contribution >= 0.6 is 0 Å². The van der Waals surface area contributed by atoms with Crippen molar-refractivity contribution in [3.05, 3.63) is 35.6 Å². The highest BCUT2D eigenvalue weighted by atomic mass is 19.1. The lowest BCUT2D eigenvalue weighted by molar-refractivity contribution is -0.128. The predicted molar refractivity (Wildman–Crippen MR) is 79.4 cm³/mol. The van der Waals surface area contributed by atoms with Gasteiger partial charge in [0.25, 0.3) is 0 Å². The van der Waals surface area contributed by atoms with Gasteiger partial charge in [-0.3, -0.25) is 9.59 Å². The summed E-state index contributed by atoms with van der Waals surface area (Å²) in [5, 5.41) is 2.78. The molecule has 0 saturated carbocycles. The van der Waals surface area contributed by atoms with Gasteiger partial charge in [0.15, 0.2) is 0 Å². The van der Waals surface area contributed by atoms with Gasteiger partial charge in [0.05, 0.1) is 0 Å². The van der Waals surface area contributed by atoms with E-state index in [1.54, 1.807) is 17.0 Å². The molecule has 1 saturated heterocycles. The van der Waals surface area contributed by atoms with Crippen LogP contribution in [0.4, 0.5) is 4.39 Å². The molecule has 0 bridgehead atoms. The van der Waals surface area contributed by atoms with Crippen molar-refractivity contribution < 1.29 is 18.7 Å². The molecule has 0 spiro atoms. The smallest absolute Gasteiger partial charge is 0.246 e. The Hall–Kier alpha value is -1.95. The quantitative estimate of drug-likeness (QED) is 0.826. The van der Waals surface area contributed by atoms with E-state index < -0.39 is 0 Å². The molecule has 1 unspecified atom stereocenters. The monoisotopic (exact) mass is 308 g/mol. The first-order valence-corrected chi connectivity index (χ1v) is 7.45. The van der Waals surface area contributed by atoms with Crippen LogP contribution in [0.25, 0.3) is 0 Å². The summed E-state index contributed by atoms with van der Waals surface area (Å²) in [7, 11) is 0. The van der Waals surface area contributed by atoms with Crippen molar-refractivity contribution in [2.45, 2.75) is 19.9 Å². The third kappa shape index (κ3) is 4.80. The molecule has 1 fully saturated rings. The van der Waals surface area contributed by atoms with Gasteiger partial charge in [-0.05, 0) is 24.6 Å². The summed E-state index contributed by atoms with van der Waals surface area (Å²) < 4.78 is 17.9. The molecule has 2 amide bonds. The topological polar surface area (TPSA) is 58.6 Å². The maximum Gasteiger partial charge on any atom is 0.246 e. The number of halogens is 1. The number of carbonyl (C=O) groups excluding carboxylic acids is 2. The van der Waals surface area contributed by atoms with Crippen molar-refractivity contribution in [1.82, 2.24) is 10.2 Å². The van der Waals surface area contributed by atoms with Crippen molar-refractivity contribution >= 4 is 11.8 Å². The first-order chi connectivity index (χ1) is 10.6. The van der Waals surface area contributed by atoms with E-state index in [0.29, 0.717) is 32.7 Å². The molecule has 0 radical (unpaired) electrons. The van der Waals surface area contributed by atoms with Crippen molar-refractivity contribution in [3.8, 4) is 0 Å². The number of amides is 2. The SMILES string of the molecule is CCOCC(=O)NCC1CC(=O)N(Cc2ccc(F)cc2)C1. The van der Waals surface area contributed by atoms with E-state index in [-0.39, 0.29) is 30.2 Å². The van der Waals surface area contributed by atoms with E-state index in [2.05, 4.69) is 5.32 Å². The molecule has 1 aliphatic rings. The first-order valence-electron chi connectivity index (χ1n) is 7.45. The molecule has 6 heteroatoms. The highest BCUT2D eigenvalue weighted by Gasteiger charge is 2.29. The van der Waals surface area contributed by atoms with Crippen LogP contribution in [0.3, 0.4) is 0 Å². The average Bonchev–Trinajstić information content (AvgIpc) is 2.85. The summed E-state index contributed by atoms with van der Waals surface area (Å²) in [6, 6.07) is 6.14. The molecule has 1 aliphatic heterocycles. The van der Waals surface area contributed by atoms with Crippen LogP contribution in [0.5, 0.6) is 0 Å². The van der Waals surface area contributed by atoms with Gasteiger partial charge in [0.1, 0.15) is 12.4 Å². The van der Waals surface area contributed by atoms with Crippen LogP contribution in [0.15, 0.2) is 24.3 Å².